The van der Waals surface area contributed by atoms with E-state index in [0.29, 0.717) is 12.4 Å². The van der Waals surface area contributed by atoms with Gasteiger partial charge < -0.3 is 24.4 Å². The maximum atomic E-state index is 10.3. The predicted octanol–water partition coefficient (Wildman–Crippen LogP) is 1.09. The summed E-state index contributed by atoms with van der Waals surface area (Å²) in [5.74, 6) is 0.445. The molecule has 0 saturated heterocycles. The number of thiophene rings is 1. The molecule has 100 valence electrons. The number of hydrogen-bond donors (Lipinski definition) is 2. The first-order valence-electron chi connectivity index (χ1n) is 5.52. The summed E-state index contributed by atoms with van der Waals surface area (Å²) in [7, 11) is 0. The van der Waals surface area contributed by atoms with Crippen LogP contribution in [0, 0.1) is 0 Å². The fourth-order valence-corrected chi connectivity index (χ4v) is 2.16. The van der Waals surface area contributed by atoms with Crippen molar-refractivity contribution in [1.82, 2.24) is 0 Å². The van der Waals surface area contributed by atoms with Gasteiger partial charge in [-0.3, -0.25) is 4.79 Å². The summed E-state index contributed by atoms with van der Waals surface area (Å²) in [6, 6.07) is 0. The summed E-state index contributed by atoms with van der Waals surface area (Å²) >= 11 is 1.49. The summed E-state index contributed by atoms with van der Waals surface area (Å²) in [5, 5.41) is 21.5. The molecular formula is C11H14O6S. The van der Waals surface area contributed by atoms with Gasteiger partial charge in [0.2, 0.25) is 0 Å². The number of aliphatic carboxylic acids is 1. The molecule has 0 aliphatic carbocycles. The Morgan fingerprint density at radius 1 is 1.56 bits per heavy atom. The van der Waals surface area contributed by atoms with E-state index in [-0.39, 0.29) is 25.6 Å². The highest BCUT2D eigenvalue weighted by Gasteiger charge is 2.22. The molecule has 0 bridgehead atoms. The average Bonchev–Trinajstić information content (AvgIpc) is 2.81. The van der Waals surface area contributed by atoms with Crippen LogP contribution in [-0.4, -0.2) is 41.8 Å². The minimum Gasteiger partial charge on any atom is -0.485 e. The molecule has 0 saturated carbocycles. The van der Waals surface area contributed by atoms with Crippen molar-refractivity contribution < 1.29 is 29.2 Å². The molecule has 2 unspecified atom stereocenters. The van der Waals surface area contributed by atoms with Gasteiger partial charge >= 0.3 is 5.97 Å². The van der Waals surface area contributed by atoms with Crippen LogP contribution in [0.1, 0.15) is 12.8 Å². The van der Waals surface area contributed by atoms with Gasteiger partial charge in [-0.05, 0) is 0 Å². The number of hydrogen-bond acceptors (Lipinski definition) is 6. The molecule has 7 heteroatoms. The highest BCUT2D eigenvalue weighted by atomic mass is 32.1. The predicted molar refractivity (Wildman–Crippen MR) is 63.1 cm³/mol. The second-order valence-corrected chi connectivity index (χ2v) is 4.62. The molecule has 6 nitrogen and oxygen atoms in total. The third-order valence-corrected chi connectivity index (χ3v) is 3.09. The minimum atomic E-state index is -1.09. The first-order valence-corrected chi connectivity index (χ1v) is 6.46. The van der Waals surface area contributed by atoms with E-state index in [4.69, 9.17) is 19.3 Å². The lowest BCUT2D eigenvalue weighted by atomic mass is 10.3. The molecule has 18 heavy (non-hydrogen) atoms. The van der Waals surface area contributed by atoms with Crippen molar-refractivity contribution in [2.24, 2.45) is 0 Å². The lowest BCUT2D eigenvalue weighted by molar-refractivity contribution is -0.146. The summed E-state index contributed by atoms with van der Waals surface area (Å²) in [6.07, 6.45) is -1.44. The monoisotopic (exact) mass is 274 g/mol. The van der Waals surface area contributed by atoms with Crippen LogP contribution in [0.4, 0.5) is 0 Å². The molecule has 1 aliphatic heterocycles. The lowest BCUT2D eigenvalue weighted by Crippen LogP contribution is -2.34. The van der Waals surface area contributed by atoms with Crippen molar-refractivity contribution >= 4 is 17.3 Å². The molecule has 0 spiro atoms. The summed E-state index contributed by atoms with van der Waals surface area (Å²) in [4.78, 5) is 10.3. The Kier molecular flexibility index (Phi) is 4.40. The van der Waals surface area contributed by atoms with Gasteiger partial charge in [0.15, 0.2) is 23.9 Å². The zero-order chi connectivity index (χ0) is 13.0. The number of ether oxygens (including phenoxy) is 3. The first kappa shape index (κ1) is 13.1. The minimum absolute atomic E-state index is 0.0621. The van der Waals surface area contributed by atoms with E-state index >= 15 is 0 Å². The Balaban J connectivity index is 1.70. The maximum Gasteiger partial charge on any atom is 0.303 e. The number of aliphatic hydroxyl groups is 1. The van der Waals surface area contributed by atoms with Gasteiger partial charge in [-0.2, -0.15) is 0 Å². The van der Waals surface area contributed by atoms with E-state index < -0.39 is 12.3 Å². The summed E-state index contributed by atoms with van der Waals surface area (Å²) in [6.45, 7) is 0.519. The van der Waals surface area contributed by atoms with Crippen LogP contribution >= 0.6 is 11.3 Å². The molecule has 0 radical (unpaired) electrons. The Bertz CT molecular complexity index is 404. The third kappa shape index (κ3) is 3.59. The fraction of sp³-hybridized carbons (Fsp3) is 0.545. The SMILES string of the molecule is O=C(O)CCC(O)OCC1COc2cscc2O1. The van der Waals surface area contributed by atoms with Gasteiger partial charge in [0.1, 0.15) is 6.61 Å². The Morgan fingerprint density at radius 2 is 2.33 bits per heavy atom. The highest BCUT2D eigenvalue weighted by Crippen LogP contribution is 2.35. The summed E-state index contributed by atoms with van der Waals surface area (Å²) < 4.78 is 16.1. The summed E-state index contributed by atoms with van der Waals surface area (Å²) in [5.41, 5.74) is 0. The topological polar surface area (TPSA) is 85.2 Å². The highest BCUT2D eigenvalue weighted by molar-refractivity contribution is 7.08. The van der Waals surface area contributed by atoms with E-state index in [9.17, 15) is 9.90 Å². The smallest absolute Gasteiger partial charge is 0.303 e. The van der Waals surface area contributed by atoms with Crippen LogP contribution in [0.3, 0.4) is 0 Å². The van der Waals surface area contributed by atoms with E-state index in [1.165, 1.54) is 11.3 Å². The van der Waals surface area contributed by atoms with Crippen molar-refractivity contribution in [3.05, 3.63) is 10.8 Å². The number of aliphatic hydroxyl groups excluding tert-OH is 1. The second-order valence-electron chi connectivity index (χ2n) is 3.87. The molecule has 2 heterocycles. The van der Waals surface area contributed by atoms with E-state index in [0.717, 1.165) is 5.75 Å². The number of fused-ring (bicyclic) bond motifs is 1. The fourth-order valence-electron chi connectivity index (χ4n) is 1.49. The molecule has 1 aromatic heterocycles. The van der Waals surface area contributed by atoms with Crippen LogP contribution in [0.5, 0.6) is 11.5 Å². The quantitative estimate of drug-likeness (QED) is 0.755. The van der Waals surface area contributed by atoms with E-state index in [2.05, 4.69) is 0 Å². The van der Waals surface area contributed by atoms with Gasteiger partial charge in [0, 0.05) is 17.2 Å². The zero-order valence-electron chi connectivity index (χ0n) is 9.57. The van der Waals surface area contributed by atoms with Crippen LogP contribution in [0.25, 0.3) is 0 Å². The van der Waals surface area contributed by atoms with Gasteiger partial charge in [0.25, 0.3) is 0 Å². The molecule has 0 amide bonds. The molecular weight excluding hydrogens is 260 g/mol. The molecule has 2 N–H and O–H groups in total. The zero-order valence-corrected chi connectivity index (χ0v) is 10.4. The molecule has 1 aliphatic rings. The second kappa shape index (κ2) is 6.03. The van der Waals surface area contributed by atoms with Crippen LogP contribution in [0.15, 0.2) is 10.8 Å². The van der Waals surface area contributed by atoms with Crippen molar-refractivity contribution in [3.8, 4) is 11.5 Å². The van der Waals surface area contributed by atoms with Crippen LogP contribution in [-0.2, 0) is 9.53 Å². The molecule has 2 rings (SSSR count). The van der Waals surface area contributed by atoms with Crippen molar-refractivity contribution in [2.75, 3.05) is 13.2 Å². The lowest BCUT2D eigenvalue weighted by Gasteiger charge is -2.25. The maximum absolute atomic E-state index is 10.3. The van der Waals surface area contributed by atoms with Gasteiger partial charge in [-0.25, -0.2) is 0 Å². The normalized spacial score (nSPS) is 19.5. The van der Waals surface area contributed by atoms with Crippen molar-refractivity contribution in [2.45, 2.75) is 25.2 Å². The number of rotatable bonds is 6. The van der Waals surface area contributed by atoms with Gasteiger partial charge in [-0.1, -0.05) is 0 Å². The first-order chi connectivity index (χ1) is 8.65. The molecule has 0 aromatic carbocycles. The van der Waals surface area contributed by atoms with Crippen molar-refractivity contribution in [3.63, 3.8) is 0 Å². The van der Waals surface area contributed by atoms with Crippen LogP contribution in [0.2, 0.25) is 0 Å². The van der Waals surface area contributed by atoms with Gasteiger partial charge in [0.05, 0.1) is 13.0 Å². The largest absolute Gasteiger partial charge is 0.485 e. The number of carboxylic acids is 1. The van der Waals surface area contributed by atoms with Gasteiger partial charge in [-0.15, -0.1) is 11.3 Å². The Morgan fingerprint density at radius 3 is 3.11 bits per heavy atom. The molecule has 1 aromatic rings. The van der Waals surface area contributed by atoms with Crippen molar-refractivity contribution in [1.29, 1.82) is 0 Å². The Hall–Kier alpha value is -1.31. The standard InChI is InChI=1S/C11H14O6S/c12-10(13)1-2-11(14)16-4-7-3-15-8-5-18-6-9(8)17-7/h5-7,11,14H,1-4H2,(H,12,13). The van der Waals surface area contributed by atoms with E-state index in [1.807, 2.05) is 10.8 Å². The Labute approximate surface area is 108 Å². The average molecular weight is 274 g/mol. The van der Waals surface area contributed by atoms with Crippen LogP contribution < -0.4 is 9.47 Å². The third-order valence-electron chi connectivity index (χ3n) is 2.39. The van der Waals surface area contributed by atoms with E-state index in [1.54, 1.807) is 0 Å². The number of carboxylic acid groups (broad SMARTS) is 1. The number of carbonyl (C=O) groups is 1. The molecule has 0 fully saturated rings. The molecule has 2 atom stereocenters.